The zero-order chi connectivity index (χ0) is 14.9. The summed E-state index contributed by atoms with van der Waals surface area (Å²) in [5.74, 6) is -0.286. The molecule has 0 aromatic carbocycles. The quantitative estimate of drug-likeness (QED) is 0.551. The SMILES string of the molecule is CCCNC(C)(CC(C)N(C)CCOCC)C(N)=O. The highest BCUT2D eigenvalue weighted by atomic mass is 16.5. The Morgan fingerprint density at radius 1 is 1.47 bits per heavy atom. The molecule has 19 heavy (non-hydrogen) atoms. The van der Waals surface area contributed by atoms with Gasteiger partial charge >= 0.3 is 0 Å². The second kappa shape index (κ2) is 9.28. The molecule has 0 saturated heterocycles. The lowest BCUT2D eigenvalue weighted by Crippen LogP contribution is -2.56. The van der Waals surface area contributed by atoms with Crippen LogP contribution >= 0.6 is 0 Å². The number of nitrogens with one attached hydrogen (secondary N) is 1. The monoisotopic (exact) mass is 273 g/mol. The summed E-state index contributed by atoms with van der Waals surface area (Å²) in [5.41, 5.74) is 4.89. The number of carbonyl (C=O) groups excluding carboxylic acids is 1. The van der Waals surface area contributed by atoms with Crippen LogP contribution in [0.1, 0.15) is 40.5 Å². The summed E-state index contributed by atoms with van der Waals surface area (Å²) in [5, 5.41) is 3.27. The fraction of sp³-hybridized carbons (Fsp3) is 0.929. The average Bonchev–Trinajstić information content (AvgIpc) is 2.36. The molecule has 0 aromatic rings. The van der Waals surface area contributed by atoms with E-state index in [2.05, 4.69) is 24.1 Å². The Labute approximate surface area is 117 Å². The molecule has 0 bridgehead atoms. The molecule has 2 unspecified atom stereocenters. The lowest BCUT2D eigenvalue weighted by molar-refractivity contribution is -0.124. The molecule has 0 radical (unpaired) electrons. The van der Waals surface area contributed by atoms with Crippen LogP contribution in [0.3, 0.4) is 0 Å². The van der Waals surface area contributed by atoms with E-state index in [1.54, 1.807) is 0 Å². The van der Waals surface area contributed by atoms with Crippen molar-refractivity contribution in [2.75, 3.05) is 33.4 Å². The third-order valence-electron chi connectivity index (χ3n) is 3.56. The van der Waals surface area contributed by atoms with Crippen molar-refractivity contribution < 1.29 is 9.53 Å². The molecule has 0 aliphatic rings. The first kappa shape index (κ1) is 18.4. The van der Waals surface area contributed by atoms with E-state index in [9.17, 15) is 4.79 Å². The maximum atomic E-state index is 11.7. The molecule has 5 nitrogen and oxygen atoms in total. The van der Waals surface area contributed by atoms with E-state index >= 15 is 0 Å². The maximum absolute atomic E-state index is 11.7. The number of rotatable bonds is 11. The Bertz CT molecular complexity index is 261. The van der Waals surface area contributed by atoms with Crippen LogP contribution in [-0.4, -0.2) is 55.7 Å². The molecule has 3 N–H and O–H groups in total. The summed E-state index contributed by atoms with van der Waals surface area (Å²) in [6.07, 6.45) is 1.68. The minimum Gasteiger partial charge on any atom is -0.380 e. The van der Waals surface area contributed by atoms with E-state index in [1.807, 2.05) is 20.9 Å². The Hall–Kier alpha value is -0.650. The van der Waals surface area contributed by atoms with Crippen LogP contribution in [0.25, 0.3) is 0 Å². The third-order valence-corrected chi connectivity index (χ3v) is 3.56. The molecule has 0 aromatic heterocycles. The molecule has 5 heteroatoms. The molecular weight excluding hydrogens is 242 g/mol. The van der Waals surface area contributed by atoms with E-state index in [0.717, 1.165) is 26.1 Å². The van der Waals surface area contributed by atoms with Crippen LogP contribution in [0.15, 0.2) is 0 Å². The zero-order valence-electron chi connectivity index (χ0n) is 13.2. The van der Waals surface area contributed by atoms with Gasteiger partial charge in [-0.2, -0.15) is 0 Å². The highest BCUT2D eigenvalue weighted by molar-refractivity contribution is 5.84. The van der Waals surface area contributed by atoms with Gasteiger partial charge in [0, 0.05) is 19.2 Å². The minimum absolute atomic E-state index is 0.266. The normalized spacial score (nSPS) is 16.3. The van der Waals surface area contributed by atoms with Gasteiger partial charge in [-0.3, -0.25) is 4.79 Å². The van der Waals surface area contributed by atoms with Crippen LogP contribution in [0, 0.1) is 0 Å². The first-order valence-electron chi connectivity index (χ1n) is 7.20. The van der Waals surface area contributed by atoms with Crippen LogP contribution in [0.4, 0.5) is 0 Å². The second-order valence-corrected chi connectivity index (χ2v) is 5.35. The van der Waals surface area contributed by atoms with Crippen LogP contribution in [0.2, 0.25) is 0 Å². The lowest BCUT2D eigenvalue weighted by Gasteiger charge is -2.34. The van der Waals surface area contributed by atoms with Crippen LogP contribution < -0.4 is 11.1 Å². The number of amides is 1. The van der Waals surface area contributed by atoms with Crippen molar-refractivity contribution in [1.29, 1.82) is 0 Å². The molecule has 1 amide bonds. The molecule has 0 aliphatic carbocycles. The van der Waals surface area contributed by atoms with Crippen LogP contribution in [0.5, 0.6) is 0 Å². The molecule has 0 fully saturated rings. The molecule has 2 atom stereocenters. The highest BCUT2D eigenvalue weighted by Gasteiger charge is 2.32. The number of hydrogen-bond acceptors (Lipinski definition) is 4. The van der Waals surface area contributed by atoms with Crippen molar-refractivity contribution in [3.8, 4) is 0 Å². The Morgan fingerprint density at radius 3 is 2.58 bits per heavy atom. The van der Waals surface area contributed by atoms with Gasteiger partial charge < -0.3 is 20.7 Å². The molecular formula is C14H31N3O2. The van der Waals surface area contributed by atoms with Crippen molar-refractivity contribution in [2.24, 2.45) is 5.73 Å². The fourth-order valence-corrected chi connectivity index (χ4v) is 1.98. The van der Waals surface area contributed by atoms with Crippen molar-refractivity contribution in [3.63, 3.8) is 0 Å². The van der Waals surface area contributed by atoms with Gasteiger partial charge in [-0.05, 0) is 47.2 Å². The predicted octanol–water partition coefficient (Wildman–Crippen LogP) is 0.977. The lowest BCUT2D eigenvalue weighted by atomic mass is 9.92. The Kier molecular flexibility index (Phi) is 8.97. The van der Waals surface area contributed by atoms with Crippen molar-refractivity contribution in [2.45, 2.75) is 52.1 Å². The zero-order valence-corrected chi connectivity index (χ0v) is 13.2. The number of nitrogens with two attached hydrogens (primary N) is 1. The van der Waals surface area contributed by atoms with E-state index in [-0.39, 0.29) is 11.9 Å². The number of hydrogen-bond donors (Lipinski definition) is 2. The van der Waals surface area contributed by atoms with E-state index in [0.29, 0.717) is 13.0 Å². The Balaban J connectivity index is 4.36. The summed E-state index contributed by atoms with van der Waals surface area (Å²) < 4.78 is 5.35. The van der Waals surface area contributed by atoms with E-state index < -0.39 is 5.54 Å². The molecule has 0 heterocycles. The number of likely N-dealkylation sites (N-methyl/N-ethyl adjacent to an activating group) is 1. The van der Waals surface area contributed by atoms with Gasteiger partial charge in [0.05, 0.1) is 12.1 Å². The number of carbonyl (C=O) groups is 1. The van der Waals surface area contributed by atoms with Gasteiger partial charge in [0.1, 0.15) is 0 Å². The first-order valence-corrected chi connectivity index (χ1v) is 7.20. The predicted molar refractivity (Wildman–Crippen MR) is 79.1 cm³/mol. The smallest absolute Gasteiger partial charge is 0.237 e. The molecule has 0 rings (SSSR count). The first-order chi connectivity index (χ1) is 8.87. The molecule has 0 aliphatic heterocycles. The highest BCUT2D eigenvalue weighted by Crippen LogP contribution is 2.15. The Morgan fingerprint density at radius 2 is 2.11 bits per heavy atom. The largest absolute Gasteiger partial charge is 0.380 e. The number of nitrogens with zero attached hydrogens (tertiary/aromatic N) is 1. The topological polar surface area (TPSA) is 67.6 Å². The van der Waals surface area contributed by atoms with Gasteiger partial charge in [-0.25, -0.2) is 0 Å². The van der Waals surface area contributed by atoms with Crippen molar-refractivity contribution >= 4 is 5.91 Å². The van der Waals surface area contributed by atoms with E-state index in [4.69, 9.17) is 10.5 Å². The molecule has 0 saturated carbocycles. The van der Waals surface area contributed by atoms with Gasteiger partial charge in [0.2, 0.25) is 5.91 Å². The van der Waals surface area contributed by atoms with Gasteiger partial charge in [0.25, 0.3) is 0 Å². The van der Waals surface area contributed by atoms with Gasteiger partial charge in [-0.15, -0.1) is 0 Å². The third kappa shape index (κ3) is 6.89. The summed E-state index contributed by atoms with van der Waals surface area (Å²) in [6, 6.07) is 0.266. The minimum atomic E-state index is -0.644. The maximum Gasteiger partial charge on any atom is 0.237 e. The van der Waals surface area contributed by atoms with Crippen LogP contribution in [-0.2, 0) is 9.53 Å². The molecule has 0 spiro atoms. The standard InChI is InChI=1S/C14H31N3O2/c1-6-8-16-14(4,13(15)18)11-12(3)17(5)9-10-19-7-2/h12,16H,6-11H2,1-5H3,(H2,15,18). The fourth-order valence-electron chi connectivity index (χ4n) is 1.98. The summed E-state index contributed by atoms with van der Waals surface area (Å²) >= 11 is 0. The van der Waals surface area contributed by atoms with Gasteiger partial charge in [0.15, 0.2) is 0 Å². The average molecular weight is 273 g/mol. The summed E-state index contributed by atoms with van der Waals surface area (Å²) in [4.78, 5) is 13.9. The molecule has 114 valence electrons. The number of primary amides is 1. The number of ether oxygens (including phenoxy) is 1. The van der Waals surface area contributed by atoms with Crippen molar-refractivity contribution in [3.05, 3.63) is 0 Å². The van der Waals surface area contributed by atoms with Gasteiger partial charge in [-0.1, -0.05) is 6.92 Å². The second-order valence-electron chi connectivity index (χ2n) is 5.35. The van der Waals surface area contributed by atoms with Crippen molar-refractivity contribution in [1.82, 2.24) is 10.2 Å². The summed E-state index contributed by atoms with van der Waals surface area (Å²) in [7, 11) is 2.05. The van der Waals surface area contributed by atoms with E-state index in [1.165, 1.54) is 0 Å². The summed E-state index contributed by atoms with van der Waals surface area (Å²) in [6.45, 7) is 11.2.